The Kier molecular flexibility index (Phi) is 10.1. The standard InChI is InChI=1S/C22H33NO10/c1-12(24)29-11-17-20(30-13(2)25)21(31-14(3)26)19(22(33-17)32-15(4)27)23-18(28)10-16-8-6-5-7-9-16/h16-17,19-22H,5-11H2,1-4H3,(H,23,28)/t17-,19+,20-,21-,22?/m1/s1. The molecule has 1 saturated carbocycles. The van der Waals surface area contributed by atoms with Crippen molar-refractivity contribution in [1.82, 2.24) is 5.32 Å². The number of nitrogens with one attached hydrogen (secondary N) is 1. The van der Waals surface area contributed by atoms with Crippen LogP contribution in [0.25, 0.3) is 0 Å². The van der Waals surface area contributed by atoms with E-state index in [1.165, 1.54) is 6.92 Å². The first-order valence-electron chi connectivity index (χ1n) is 11.2. The minimum absolute atomic E-state index is 0.226. The van der Waals surface area contributed by atoms with Crippen LogP contribution in [0, 0.1) is 5.92 Å². The monoisotopic (exact) mass is 471 g/mol. The van der Waals surface area contributed by atoms with Crippen LogP contribution in [0.3, 0.4) is 0 Å². The van der Waals surface area contributed by atoms with Crippen molar-refractivity contribution in [2.45, 2.75) is 96.9 Å². The van der Waals surface area contributed by atoms with Gasteiger partial charge in [-0.3, -0.25) is 24.0 Å². The van der Waals surface area contributed by atoms with Gasteiger partial charge in [0.1, 0.15) is 18.8 Å². The van der Waals surface area contributed by atoms with Crippen molar-refractivity contribution in [3.05, 3.63) is 0 Å². The van der Waals surface area contributed by atoms with E-state index < -0.39 is 54.5 Å². The van der Waals surface area contributed by atoms with Gasteiger partial charge in [-0.1, -0.05) is 19.3 Å². The van der Waals surface area contributed by atoms with E-state index in [1.54, 1.807) is 0 Å². The molecule has 186 valence electrons. The normalized spacial score (nSPS) is 27.7. The Hall–Kier alpha value is -2.69. The number of hydrogen-bond donors (Lipinski definition) is 1. The van der Waals surface area contributed by atoms with Crippen molar-refractivity contribution in [2.75, 3.05) is 6.61 Å². The number of rotatable bonds is 8. The summed E-state index contributed by atoms with van der Waals surface area (Å²) < 4.78 is 26.8. The van der Waals surface area contributed by atoms with Crippen LogP contribution < -0.4 is 5.32 Å². The van der Waals surface area contributed by atoms with Crippen LogP contribution in [-0.2, 0) is 47.7 Å². The van der Waals surface area contributed by atoms with Gasteiger partial charge in [0.25, 0.3) is 0 Å². The second-order valence-electron chi connectivity index (χ2n) is 8.40. The lowest BCUT2D eigenvalue weighted by molar-refractivity contribution is -0.271. The molecule has 1 saturated heterocycles. The number of ether oxygens (including phenoxy) is 5. The summed E-state index contributed by atoms with van der Waals surface area (Å²) in [7, 11) is 0. The SMILES string of the molecule is CC(=O)OC[C@H]1OC(OC(C)=O)[C@@H](NC(=O)CC2CCCCC2)[C@@H](OC(C)=O)[C@@H]1OC(C)=O. The molecule has 1 heterocycles. The smallest absolute Gasteiger partial charge is 0.305 e. The number of esters is 4. The third kappa shape index (κ3) is 8.64. The summed E-state index contributed by atoms with van der Waals surface area (Å²) in [6.07, 6.45) is 0.444. The highest BCUT2D eigenvalue weighted by Crippen LogP contribution is 2.29. The maximum absolute atomic E-state index is 12.8. The fourth-order valence-corrected chi connectivity index (χ4v) is 4.22. The molecule has 1 aliphatic heterocycles. The number of amides is 1. The minimum atomic E-state index is -1.37. The maximum Gasteiger partial charge on any atom is 0.305 e. The van der Waals surface area contributed by atoms with Crippen LogP contribution in [0.1, 0.15) is 66.2 Å². The van der Waals surface area contributed by atoms with Crippen LogP contribution in [0.5, 0.6) is 0 Å². The fourth-order valence-electron chi connectivity index (χ4n) is 4.22. The molecule has 2 aliphatic rings. The second kappa shape index (κ2) is 12.5. The third-order valence-electron chi connectivity index (χ3n) is 5.51. The van der Waals surface area contributed by atoms with Crippen molar-refractivity contribution in [1.29, 1.82) is 0 Å². The number of carbonyl (C=O) groups excluding carboxylic acids is 5. The Morgan fingerprint density at radius 2 is 1.36 bits per heavy atom. The average molecular weight is 472 g/mol. The average Bonchev–Trinajstić information content (AvgIpc) is 2.70. The van der Waals surface area contributed by atoms with Gasteiger partial charge in [0.05, 0.1) is 0 Å². The lowest BCUT2D eigenvalue weighted by atomic mass is 9.86. The second-order valence-corrected chi connectivity index (χ2v) is 8.40. The molecule has 1 unspecified atom stereocenters. The highest BCUT2D eigenvalue weighted by molar-refractivity contribution is 5.77. The zero-order valence-corrected chi connectivity index (χ0v) is 19.5. The van der Waals surface area contributed by atoms with Gasteiger partial charge >= 0.3 is 23.9 Å². The Labute approximate surface area is 192 Å². The molecule has 0 aromatic carbocycles. The molecule has 11 heteroatoms. The summed E-state index contributed by atoms with van der Waals surface area (Å²) >= 11 is 0. The topological polar surface area (TPSA) is 144 Å². The summed E-state index contributed by atoms with van der Waals surface area (Å²) in [6.45, 7) is 4.30. The molecule has 2 rings (SSSR count). The number of hydrogen-bond acceptors (Lipinski definition) is 10. The van der Waals surface area contributed by atoms with E-state index in [9.17, 15) is 24.0 Å². The zero-order valence-electron chi connectivity index (χ0n) is 19.5. The molecule has 0 spiro atoms. The molecular weight excluding hydrogens is 438 g/mol. The zero-order chi connectivity index (χ0) is 24.5. The first kappa shape index (κ1) is 26.6. The molecule has 1 amide bonds. The molecular formula is C22H33NO10. The fraction of sp³-hybridized carbons (Fsp3) is 0.773. The maximum atomic E-state index is 12.8. The van der Waals surface area contributed by atoms with Gasteiger partial charge in [-0.15, -0.1) is 0 Å². The first-order chi connectivity index (χ1) is 15.6. The lowest BCUT2D eigenvalue weighted by Crippen LogP contribution is -2.67. The summed E-state index contributed by atoms with van der Waals surface area (Å²) in [5, 5.41) is 2.75. The van der Waals surface area contributed by atoms with Crippen molar-refractivity contribution in [3.63, 3.8) is 0 Å². The van der Waals surface area contributed by atoms with Gasteiger partial charge < -0.3 is 29.0 Å². The van der Waals surface area contributed by atoms with E-state index in [4.69, 9.17) is 23.7 Å². The van der Waals surface area contributed by atoms with Gasteiger partial charge in [0.15, 0.2) is 12.2 Å². The van der Waals surface area contributed by atoms with Crippen molar-refractivity contribution >= 4 is 29.8 Å². The molecule has 0 bridgehead atoms. The van der Waals surface area contributed by atoms with Crippen LogP contribution in [0.15, 0.2) is 0 Å². The molecule has 1 aliphatic carbocycles. The molecule has 5 atom stereocenters. The van der Waals surface area contributed by atoms with Gasteiger partial charge in [0, 0.05) is 34.1 Å². The van der Waals surface area contributed by atoms with Crippen LogP contribution in [0.4, 0.5) is 0 Å². The number of carbonyl (C=O) groups is 5. The van der Waals surface area contributed by atoms with E-state index in [0.717, 1.165) is 52.9 Å². The van der Waals surface area contributed by atoms with Crippen LogP contribution >= 0.6 is 0 Å². The highest BCUT2D eigenvalue weighted by atomic mass is 16.7. The first-order valence-corrected chi connectivity index (χ1v) is 11.2. The molecule has 1 N–H and O–H groups in total. The van der Waals surface area contributed by atoms with E-state index in [2.05, 4.69) is 5.32 Å². The lowest BCUT2D eigenvalue weighted by Gasteiger charge is -2.44. The third-order valence-corrected chi connectivity index (χ3v) is 5.51. The van der Waals surface area contributed by atoms with E-state index in [1.807, 2.05) is 0 Å². The van der Waals surface area contributed by atoms with Crippen molar-refractivity contribution in [2.24, 2.45) is 5.92 Å². The van der Waals surface area contributed by atoms with Crippen LogP contribution in [0.2, 0.25) is 0 Å². The van der Waals surface area contributed by atoms with Crippen molar-refractivity contribution < 1.29 is 47.7 Å². The molecule has 2 fully saturated rings. The summed E-state index contributed by atoms with van der Waals surface area (Å²) in [5.74, 6) is -2.83. The van der Waals surface area contributed by atoms with Gasteiger partial charge in [-0.25, -0.2) is 0 Å². The predicted molar refractivity (Wildman–Crippen MR) is 111 cm³/mol. The molecule has 0 aromatic rings. The molecule has 0 radical (unpaired) electrons. The van der Waals surface area contributed by atoms with Gasteiger partial charge in [-0.05, 0) is 18.8 Å². The highest BCUT2D eigenvalue weighted by Gasteiger charge is 2.52. The summed E-state index contributed by atoms with van der Waals surface area (Å²) in [4.78, 5) is 59.6. The van der Waals surface area contributed by atoms with E-state index in [0.29, 0.717) is 0 Å². The summed E-state index contributed by atoms with van der Waals surface area (Å²) in [5.41, 5.74) is 0. The Morgan fingerprint density at radius 1 is 0.788 bits per heavy atom. The molecule has 33 heavy (non-hydrogen) atoms. The predicted octanol–water partition coefficient (Wildman–Crippen LogP) is 1.16. The van der Waals surface area contributed by atoms with Gasteiger partial charge in [0.2, 0.25) is 12.2 Å². The minimum Gasteiger partial charge on any atom is -0.463 e. The molecule has 11 nitrogen and oxygen atoms in total. The molecule has 0 aromatic heterocycles. The van der Waals surface area contributed by atoms with Crippen LogP contribution in [-0.4, -0.2) is 67.0 Å². The van der Waals surface area contributed by atoms with E-state index in [-0.39, 0.29) is 24.9 Å². The Morgan fingerprint density at radius 3 is 1.91 bits per heavy atom. The summed E-state index contributed by atoms with van der Waals surface area (Å²) in [6, 6.07) is -1.15. The van der Waals surface area contributed by atoms with Gasteiger partial charge in [-0.2, -0.15) is 0 Å². The Balaban J connectivity index is 2.31. The van der Waals surface area contributed by atoms with Crippen molar-refractivity contribution in [3.8, 4) is 0 Å². The largest absolute Gasteiger partial charge is 0.463 e. The Bertz CT molecular complexity index is 733. The van der Waals surface area contributed by atoms with E-state index >= 15 is 0 Å². The quantitative estimate of drug-likeness (QED) is 0.404.